The van der Waals surface area contributed by atoms with Gasteiger partial charge < -0.3 is 5.32 Å². The van der Waals surface area contributed by atoms with E-state index in [4.69, 9.17) is 0 Å². The summed E-state index contributed by atoms with van der Waals surface area (Å²) < 4.78 is 0. The van der Waals surface area contributed by atoms with Gasteiger partial charge in [-0.3, -0.25) is 0 Å². The highest BCUT2D eigenvalue weighted by Crippen LogP contribution is 2.12. The van der Waals surface area contributed by atoms with Crippen molar-refractivity contribution in [1.29, 1.82) is 0 Å². The molecule has 0 amide bonds. The van der Waals surface area contributed by atoms with Crippen molar-refractivity contribution in [3.8, 4) is 0 Å². The number of nitrogens with one attached hydrogen (secondary N) is 1. The second-order valence-electron chi connectivity index (χ2n) is 3.60. The minimum atomic E-state index is 0.615. The third-order valence-electron chi connectivity index (χ3n) is 2.33. The van der Waals surface area contributed by atoms with Crippen molar-refractivity contribution < 1.29 is 0 Å². The molecule has 1 heterocycles. The summed E-state index contributed by atoms with van der Waals surface area (Å²) in [5, 5.41) is 6.63. The molecule has 1 aromatic heterocycles. The van der Waals surface area contributed by atoms with Crippen LogP contribution >= 0.6 is 11.3 Å². The molecule has 1 N–H and O–H groups in total. The lowest BCUT2D eigenvalue weighted by molar-refractivity contribution is 0.402. The molecule has 1 unspecified atom stereocenters. The summed E-state index contributed by atoms with van der Waals surface area (Å²) in [4.78, 5) is 4.27. The monoisotopic (exact) mass is 198 g/mol. The van der Waals surface area contributed by atoms with Crippen LogP contribution in [0, 0.1) is 5.92 Å². The van der Waals surface area contributed by atoms with Crippen LogP contribution in [0.3, 0.4) is 0 Å². The molecule has 0 radical (unpaired) electrons. The van der Waals surface area contributed by atoms with Gasteiger partial charge in [0.2, 0.25) is 0 Å². The van der Waals surface area contributed by atoms with Crippen LogP contribution in [0.25, 0.3) is 0 Å². The van der Waals surface area contributed by atoms with Gasteiger partial charge in [-0.1, -0.05) is 13.8 Å². The van der Waals surface area contributed by atoms with E-state index in [0.717, 1.165) is 6.42 Å². The summed E-state index contributed by atoms with van der Waals surface area (Å²) in [5.74, 6) is 0.699. The third-order valence-corrected chi connectivity index (χ3v) is 3.17. The molecule has 1 rings (SSSR count). The summed E-state index contributed by atoms with van der Waals surface area (Å²) in [5.41, 5.74) is 0. The zero-order chi connectivity index (χ0) is 9.68. The molecule has 0 aromatic carbocycles. The average Bonchev–Trinajstić information content (AvgIpc) is 2.57. The molecule has 1 aromatic rings. The van der Waals surface area contributed by atoms with Crippen molar-refractivity contribution in [3.05, 3.63) is 16.6 Å². The number of aromatic nitrogens is 1. The predicted molar refractivity (Wildman–Crippen MR) is 58.1 cm³/mol. The highest BCUT2D eigenvalue weighted by atomic mass is 32.1. The van der Waals surface area contributed by atoms with Crippen molar-refractivity contribution >= 4 is 11.3 Å². The first kappa shape index (κ1) is 10.7. The first-order chi connectivity index (χ1) is 6.24. The summed E-state index contributed by atoms with van der Waals surface area (Å²) in [6, 6.07) is 0.615. The normalized spacial score (nSPS) is 13.5. The summed E-state index contributed by atoms with van der Waals surface area (Å²) in [7, 11) is 2.03. The lowest BCUT2D eigenvalue weighted by Crippen LogP contribution is -2.30. The molecular weight excluding hydrogens is 180 g/mol. The van der Waals surface area contributed by atoms with Crippen LogP contribution in [0.15, 0.2) is 11.6 Å². The molecule has 2 nitrogen and oxygen atoms in total. The maximum absolute atomic E-state index is 4.27. The molecule has 0 bridgehead atoms. The smallest absolute Gasteiger partial charge is 0.0925 e. The largest absolute Gasteiger partial charge is 0.317 e. The second-order valence-corrected chi connectivity index (χ2v) is 4.58. The molecule has 74 valence electrons. The summed E-state index contributed by atoms with van der Waals surface area (Å²) in [6.07, 6.45) is 4.16. The van der Waals surface area contributed by atoms with Crippen molar-refractivity contribution in [1.82, 2.24) is 10.3 Å². The van der Waals surface area contributed by atoms with Crippen molar-refractivity contribution in [2.75, 3.05) is 7.05 Å². The minimum Gasteiger partial charge on any atom is -0.317 e. The van der Waals surface area contributed by atoms with Gasteiger partial charge in [-0.25, -0.2) is 4.98 Å². The standard InChI is InChI=1S/C10H18N2S/c1-8(2)9(11-3)4-5-10-12-6-7-13-10/h6-9,11H,4-5H2,1-3H3. The van der Waals surface area contributed by atoms with Crippen LogP contribution in [0.5, 0.6) is 0 Å². The van der Waals surface area contributed by atoms with E-state index >= 15 is 0 Å². The van der Waals surface area contributed by atoms with Crippen molar-refractivity contribution in [2.45, 2.75) is 32.7 Å². The van der Waals surface area contributed by atoms with Gasteiger partial charge in [0.1, 0.15) is 0 Å². The van der Waals surface area contributed by atoms with Gasteiger partial charge in [0.05, 0.1) is 5.01 Å². The quantitative estimate of drug-likeness (QED) is 0.785. The average molecular weight is 198 g/mol. The van der Waals surface area contributed by atoms with Gasteiger partial charge in [-0.2, -0.15) is 0 Å². The SMILES string of the molecule is CNC(CCc1nccs1)C(C)C. The van der Waals surface area contributed by atoms with Crippen molar-refractivity contribution in [2.24, 2.45) is 5.92 Å². The van der Waals surface area contributed by atoms with Crippen LogP contribution in [0.1, 0.15) is 25.3 Å². The van der Waals surface area contributed by atoms with Gasteiger partial charge in [-0.15, -0.1) is 11.3 Å². The number of hydrogen-bond donors (Lipinski definition) is 1. The highest BCUT2D eigenvalue weighted by Gasteiger charge is 2.10. The molecule has 0 saturated heterocycles. The predicted octanol–water partition coefficient (Wildman–Crippen LogP) is 2.32. The van der Waals surface area contributed by atoms with E-state index in [0.29, 0.717) is 12.0 Å². The number of rotatable bonds is 5. The van der Waals surface area contributed by atoms with Crippen LogP contribution in [0.4, 0.5) is 0 Å². The van der Waals surface area contributed by atoms with E-state index < -0.39 is 0 Å². The van der Waals surface area contributed by atoms with Crippen LogP contribution in [-0.2, 0) is 6.42 Å². The number of aryl methyl sites for hydroxylation is 1. The zero-order valence-corrected chi connectivity index (χ0v) is 9.40. The summed E-state index contributed by atoms with van der Waals surface area (Å²) in [6.45, 7) is 4.51. The van der Waals surface area contributed by atoms with E-state index in [1.54, 1.807) is 11.3 Å². The van der Waals surface area contributed by atoms with E-state index in [2.05, 4.69) is 24.1 Å². The molecule has 0 aliphatic rings. The van der Waals surface area contributed by atoms with Crippen LogP contribution < -0.4 is 5.32 Å². The van der Waals surface area contributed by atoms with Gasteiger partial charge in [0.15, 0.2) is 0 Å². The number of hydrogen-bond acceptors (Lipinski definition) is 3. The Morgan fingerprint density at radius 2 is 2.31 bits per heavy atom. The van der Waals surface area contributed by atoms with Crippen LogP contribution in [-0.4, -0.2) is 18.1 Å². The highest BCUT2D eigenvalue weighted by molar-refractivity contribution is 7.09. The molecule has 0 fully saturated rings. The summed E-state index contributed by atoms with van der Waals surface area (Å²) >= 11 is 1.75. The molecule has 0 aliphatic heterocycles. The molecular formula is C10H18N2S. The molecule has 13 heavy (non-hydrogen) atoms. The molecule has 0 spiro atoms. The Morgan fingerprint density at radius 3 is 2.77 bits per heavy atom. The Balaban J connectivity index is 2.32. The minimum absolute atomic E-state index is 0.615. The molecule has 3 heteroatoms. The topological polar surface area (TPSA) is 24.9 Å². The van der Waals surface area contributed by atoms with Crippen molar-refractivity contribution in [3.63, 3.8) is 0 Å². The van der Waals surface area contributed by atoms with E-state index in [-0.39, 0.29) is 0 Å². The van der Waals surface area contributed by atoms with Gasteiger partial charge in [0.25, 0.3) is 0 Å². The number of nitrogens with zero attached hydrogens (tertiary/aromatic N) is 1. The van der Waals surface area contributed by atoms with Gasteiger partial charge in [0, 0.05) is 24.0 Å². The lowest BCUT2D eigenvalue weighted by Gasteiger charge is -2.19. The van der Waals surface area contributed by atoms with Gasteiger partial charge >= 0.3 is 0 Å². The number of thiazole rings is 1. The third kappa shape index (κ3) is 3.44. The second kappa shape index (κ2) is 5.35. The molecule has 0 saturated carbocycles. The Labute approximate surface area is 84.4 Å². The fraction of sp³-hybridized carbons (Fsp3) is 0.700. The Morgan fingerprint density at radius 1 is 1.54 bits per heavy atom. The lowest BCUT2D eigenvalue weighted by atomic mass is 10.00. The van der Waals surface area contributed by atoms with E-state index in [1.807, 2.05) is 18.6 Å². The van der Waals surface area contributed by atoms with Crippen LogP contribution in [0.2, 0.25) is 0 Å². The Bertz CT molecular complexity index is 219. The molecule has 0 aliphatic carbocycles. The maximum atomic E-state index is 4.27. The molecule has 1 atom stereocenters. The fourth-order valence-corrected chi connectivity index (χ4v) is 2.10. The zero-order valence-electron chi connectivity index (χ0n) is 8.58. The van der Waals surface area contributed by atoms with Gasteiger partial charge in [-0.05, 0) is 19.4 Å². The Kier molecular flexibility index (Phi) is 4.39. The maximum Gasteiger partial charge on any atom is 0.0925 e. The van der Waals surface area contributed by atoms with E-state index in [1.165, 1.54) is 11.4 Å². The van der Waals surface area contributed by atoms with E-state index in [9.17, 15) is 0 Å². The Hall–Kier alpha value is -0.410. The fourth-order valence-electron chi connectivity index (χ4n) is 1.47. The first-order valence-corrected chi connectivity index (χ1v) is 5.67. The first-order valence-electron chi connectivity index (χ1n) is 4.79.